The Hall–Kier alpha value is -2.44. The van der Waals surface area contributed by atoms with Gasteiger partial charge in [0, 0.05) is 33.0 Å². The number of pyridine rings is 1. The van der Waals surface area contributed by atoms with Crippen LogP contribution in [-0.4, -0.2) is 40.2 Å². The Labute approximate surface area is 104 Å². The lowest BCUT2D eigenvalue weighted by Crippen LogP contribution is -2.30. The summed E-state index contributed by atoms with van der Waals surface area (Å²) in [4.78, 5) is 27.4. The van der Waals surface area contributed by atoms with Crippen LogP contribution in [0.15, 0.2) is 36.5 Å². The van der Waals surface area contributed by atoms with Crippen LogP contribution in [0.2, 0.25) is 0 Å². The van der Waals surface area contributed by atoms with Crippen molar-refractivity contribution in [2.24, 2.45) is 0 Å². The highest BCUT2D eigenvalue weighted by Crippen LogP contribution is 2.10. The standard InChI is InChI=1S/C11H14N4O3/c1-13(7-10-4-3-5-12-6-10)11(8-15(17)18)14(2)9-16/h3-6,8-9H,7H2,1-2H3/b11-8+. The van der Waals surface area contributed by atoms with Gasteiger partial charge in [-0.15, -0.1) is 0 Å². The van der Waals surface area contributed by atoms with Gasteiger partial charge < -0.3 is 4.90 Å². The fourth-order valence-corrected chi connectivity index (χ4v) is 1.45. The summed E-state index contributed by atoms with van der Waals surface area (Å²) in [5.74, 6) is 0.207. The first-order valence-electron chi connectivity index (χ1n) is 5.18. The Balaban J connectivity index is 2.86. The largest absolute Gasteiger partial charge is 0.351 e. The topological polar surface area (TPSA) is 79.6 Å². The predicted octanol–water partition coefficient (Wildman–Crippen LogP) is 0.677. The summed E-state index contributed by atoms with van der Waals surface area (Å²) >= 11 is 0. The Morgan fingerprint density at radius 2 is 2.28 bits per heavy atom. The molecule has 1 amide bonds. The van der Waals surface area contributed by atoms with E-state index in [1.165, 1.54) is 7.05 Å². The van der Waals surface area contributed by atoms with E-state index in [0.29, 0.717) is 13.0 Å². The third kappa shape index (κ3) is 3.85. The Morgan fingerprint density at radius 1 is 1.56 bits per heavy atom. The van der Waals surface area contributed by atoms with Crippen LogP contribution in [0, 0.1) is 10.1 Å². The summed E-state index contributed by atoms with van der Waals surface area (Å²) in [7, 11) is 3.13. The average molecular weight is 250 g/mol. The summed E-state index contributed by atoms with van der Waals surface area (Å²) in [6.45, 7) is 0.422. The van der Waals surface area contributed by atoms with E-state index in [4.69, 9.17) is 0 Å². The van der Waals surface area contributed by atoms with Gasteiger partial charge in [0.25, 0.3) is 6.20 Å². The van der Waals surface area contributed by atoms with E-state index >= 15 is 0 Å². The summed E-state index contributed by atoms with van der Waals surface area (Å²) in [6.07, 6.45) is 4.63. The maximum absolute atomic E-state index is 10.7. The molecule has 7 heteroatoms. The molecule has 1 heterocycles. The van der Waals surface area contributed by atoms with E-state index in [1.807, 2.05) is 6.07 Å². The normalized spacial score (nSPS) is 10.9. The predicted molar refractivity (Wildman–Crippen MR) is 64.6 cm³/mol. The number of carbonyl (C=O) groups excluding carboxylic acids is 1. The molecule has 0 saturated carbocycles. The molecule has 0 atom stereocenters. The van der Waals surface area contributed by atoms with Gasteiger partial charge in [-0.25, -0.2) is 0 Å². The smallest absolute Gasteiger partial charge is 0.274 e. The van der Waals surface area contributed by atoms with E-state index < -0.39 is 4.92 Å². The number of carbonyl (C=O) groups is 1. The molecule has 96 valence electrons. The van der Waals surface area contributed by atoms with Crippen LogP contribution in [0.5, 0.6) is 0 Å². The van der Waals surface area contributed by atoms with Gasteiger partial charge in [0.1, 0.15) is 0 Å². The minimum absolute atomic E-state index is 0.207. The van der Waals surface area contributed by atoms with Crippen molar-refractivity contribution in [3.05, 3.63) is 52.2 Å². The first kappa shape index (κ1) is 13.6. The Kier molecular flexibility index (Phi) is 4.79. The number of amides is 1. The monoisotopic (exact) mass is 250 g/mol. The molecule has 0 N–H and O–H groups in total. The zero-order chi connectivity index (χ0) is 13.5. The van der Waals surface area contributed by atoms with Crippen LogP contribution >= 0.6 is 0 Å². The lowest BCUT2D eigenvalue weighted by Gasteiger charge is -2.24. The lowest BCUT2D eigenvalue weighted by molar-refractivity contribution is -0.405. The summed E-state index contributed by atoms with van der Waals surface area (Å²) in [5, 5.41) is 10.5. The molecular weight excluding hydrogens is 236 g/mol. The molecule has 18 heavy (non-hydrogen) atoms. The van der Waals surface area contributed by atoms with Crippen molar-refractivity contribution < 1.29 is 9.72 Å². The second-order valence-electron chi connectivity index (χ2n) is 3.71. The van der Waals surface area contributed by atoms with Crippen LogP contribution in [-0.2, 0) is 11.3 Å². The van der Waals surface area contributed by atoms with E-state index in [-0.39, 0.29) is 5.82 Å². The van der Waals surface area contributed by atoms with Gasteiger partial charge in [-0.1, -0.05) is 6.07 Å². The summed E-state index contributed by atoms with van der Waals surface area (Å²) in [6, 6.07) is 3.64. The molecule has 0 aliphatic rings. The van der Waals surface area contributed by atoms with Crippen LogP contribution in [0.4, 0.5) is 0 Å². The van der Waals surface area contributed by atoms with E-state index in [1.54, 1.807) is 30.4 Å². The average Bonchev–Trinajstić information content (AvgIpc) is 2.36. The molecule has 1 aromatic rings. The maximum atomic E-state index is 10.7. The highest BCUT2D eigenvalue weighted by atomic mass is 16.6. The fourth-order valence-electron chi connectivity index (χ4n) is 1.45. The van der Waals surface area contributed by atoms with Gasteiger partial charge in [-0.05, 0) is 11.6 Å². The molecule has 1 aromatic heterocycles. The van der Waals surface area contributed by atoms with Gasteiger partial charge >= 0.3 is 0 Å². The number of rotatable bonds is 6. The molecule has 0 spiro atoms. The first-order chi connectivity index (χ1) is 8.54. The summed E-state index contributed by atoms with van der Waals surface area (Å²) in [5.41, 5.74) is 0.897. The van der Waals surface area contributed by atoms with Gasteiger partial charge in [-0.3, -0.25) is 24.8 Å². The van der Waals surface area contributed by atoms with E-state index in [2.05, 4.69) is 4.98 Å². The number of hydrogen-bond acceptors (Lipinski definition) is 5. The first-order valence-corrected chi connectivity index (χ1v) is 5.18. The van der Waals surface area contributed by atoms with Crippen molar-refractivity contribution in [3.8, 4) is 0 Å². The zero-order valence-electron chi connectivity index (χ0n) is 10.2. The quantitative estimate of drug-likeness (QED) is 0.421. The zero-order valence-corrected chi connectivity index (χ0v) is 10.2. The molecule has 0 saturated heterocycles. The molecular formula is C11H14N4O3. The fraction of sp³-hybridized carbons (Fsp3) is 0.273. The highest BCUT2D eigenvalue weighted by Gasteiger charge is 2.14. The van der Waals surface area contributed by atoms with Crippen molar-refractivity contribution in [1.29, 1.82) is 0 Å². The molecule has 0 aliphatic carbocycles. The van der Waals surface area contributed by atoms with Crippen LogP contribution in [0.3, 0.4) is 0 Å². The molecule has 0 radical (unpaired) electrons. The molecule has 0 bridgehead atoms. The van der Waals surface area contributed by atoms with Crippen molar-refractivity contribution >= 4 is 6.41 Å². The second-order valence-corrected chi connectivity index (χ2v) is 3.71. The van der Waals surface area contributed by atoms with Gasteiger partial charge in [-0.2, -0.15) is 0 Å². The lowest BCUT2D eigenvalue weighted by atomic mass is 10.3. The molecule has 1 rings (SSSR count). The third-order valence-electron chi connectivity index (χ3n) is 2.27. The van der Waals surface area contributed by atoms with E-state index in [9.17, 15) is 14.9 Å². The highest BCUT2D eigenvalue weighted by molar-refractivity contribution is 5.49. The van der Waals surface area contributed by atoms with Crippen LogP contribution < -0.4 is 0 Å². The molecule has 0 fully saturated rings. The SMILES string of the molecule is CN(C=O)/C(=C/[N+](=O)[O-])N(C)Cc1cccnc1. The number of hydrogen-bond donors (Lipinski definition) is 0. The van der Waals surface area contributed by atoms with Gasteiger partial charge in [0.05, 0.1) is 4.92 Å². The maximum Gasteiger partial charge on any atom is 0.274 e. The van der Waals surface area contributed by atoms with Gasteiger partial charge in [0.2, 0.25) is 6.41 Å². The van der Waals surface area contributed by atoms with Gasteiger partial charge in [0.15, 0.2) is 5.82 Å². The minimum Gasteiger partial charge on any atom is -0.351 e. The molecule has 0 unspecified atom stereocenters. The van der Waals surface area contributed by atoms with Crippen molar-refractivity contribution in [1.82, 2.24) is 14.8 Å². The van der Waals surface area contributed by atoms with Crippen LogP contribution in [0.1, 0.15) is 5.56 Å². The molecule has 0 aromatic carbocycles. The van der Waals surface area contributed by atoms with Crippen molar-refractivity contribution in [2.75, 3.05) is 14.1 Å². The van der Waals surface area contributed by atoms with Crippen LogP contribution in [0.25, 0.3) is 0 Å². The minimum atomic E-state index is -0.588. The molecule has 7 nitrogen and oxygen atoms in total. The van der Waals surface area contributed by atoms with Crippen molar-refractivity contribution in [2.45, 2.75) is 6.54 Å². The molecule has 0 aliphatic heterocycles. The Bertz CT molecular complexity index is 447. The third-order valence-corrected chi connectivity index (χ3v) is 2.27. The van der Waals surface area contributed by atoms with Crippen molar-refractivity contribution in [3.63, 3.8) is 0 Å². The number of nitrogens with zero attached hydrogens (tertiary/aromatic N) is 4. The Morgan fingerprint density at radius 3 is 2.78 bits per heavy atom. The summed E-state index contributed by atoms with van der Waals surface area (Å²) < 4.78 is 0. The number of aromatic nitrogens is 1. The van der Waals surface area contributed by atoms with E-state index in [0.717, 1.165) is 16.7 Å². The second kappa shape index (κ2) is 6.33. The number of nitro groups is 1.